The first-order valence-corrected chi connectivity index (χ1v) is 6.69. The molecule has 0 spiro atoms. The Morgan fingerprint density at radius 2 is 1.76 bits per heavy atom. The van der Waals surface area contributed by atoms with Crippen LogP contribution in [0.2, 0.25) is 0 Å². The molecule has 1 amide bonds. The van der Waals surface area contributed by atoms with Crippen LogP contribution in [-0.2, 0) is 16.0 Å². The molecule has 0 aromatic heterocycles. The molecule has 0 heterocycles. The van der Waals surface area contributed by atoms with E-state index in [1.165, 1.54) is 4.90 Å². The molecular weight excluding hydrogens is 266 g/mol. The summed E-state index contributed by atoms with van der Waals surface area (Å²) in [6, 6.07) is 16.5. The maximum absolute atomic E-state index is 12.4. The molecule has 0 fully saturated rings. The molecule has 4 nitrogen and oxygen atoms in total. The average molecular weight is 283 g/mol. The standard InChI is InChI=1S/C17H17NO3/c1-13-6-5-7-14(10-13)11-16(19)18(12-17(20)21)15-8-3-2-4-9-15/h2-10H,11-12H2,1H3,(H,20,21). The molecule has 2 aromatic carbocycles. The molecule has 2 aromatic rings. The van der Waals surface area contributed by atoms with Crippen molar-refractivity contribution in [2.75, 3.05) is 11.4 Å². The number of carboxylic acids is 1. The fourth-order valence-corrected chi connectivity index (χ4v) is 2.16. The number of aliphatic carboxylic acids is 1. The number of carbonyl (C=O) groups is 2. The van der Waals surface area contributed by atoms with Crippen molar-refractivity contribution in [1.29, 1.82) is 0 Å². The number of benzene rings is 2. The molecule has 21 heavy (non-hydrogen) atoms. The molecule has 0 saturated carbocycles. The van der Waals surface area contributed by atoms with E-state index in [9.17, 15) is 9.59 Å². The van der Waals surface area contributed by atoms with Gasteiger partial charge in [-0.15, -0.1) is 0 Å². The molecule has 0 aliphatic heterocycles. The summed E-state index contributed by atoms with van der Waals surface area (Å²) >= 11 is 0. The molecule has 0 bridgehead atoms. The van der Waals surface area contributed by atoms with E-state index in [4.69, 9.17) is 5.11 Å². The lowest BCUT2D eigenvalue weighted by atomic mass is 10.1. The number of para-hydroxylation sites is 1. The molecule has 2 rings (SSSR count). The van der Waals surface area contributed by atoms with Gasteiger partial charge >= 0.3 is 5.97 Å². The Hall–Kier alpha value is -2.62. The Bertz CT molecular complexity index is 637. The second-order valence-electron chi connectivity index (χ2n) is 4.88. The third-order valence-corrected chi connectivity index (χ3v) is 3.10. The maximum Gasteiger partial charge on any atom is 0.323 e. The van der Waals surface area contributed by atoms with Crippen LogP contribution in [0.3, 0.4) is 0 Å². The highest BCUT2D eigenvalue weighted by Gasteiger charge is 2.18. The van der Waals surface area contributed by atoms with E-state index in [2.05, 4.69) is 0 Å². The van der Waals surface area contributed by atoms with Gasteiger partial charge in [0.2, 0.25) is 5.91 Å². The molecule has 0 radical (unpaired) electrons. The minimum Gasteiger partial charge on any atom is -0.480 e. The van der Waals surface area contributed by atoms with Crippen molar-refractivity contribution >= 4 is 17.6 Å². The van der Waals surface area contributed by atoms with Gasteiger partial charge in [-0.3, -0.25) is 9.59 Å². The van der Waals surface area contributed by atoms with Gasteiger partial charge in [0.15, 0.2) is 0 Å². The number of carboxylic acid groups (broad SMARTS) is 1. The molecule has 0 unspecified atom stereocenters. The molecule has 0 aliphatic rings. The van der Waals surface area contributed by atoms with Crippen molar-refractivity contribution in [3.05, 3.63) is 65.7 Å². The summed E-state index contributed by atoms with van der Waals surface area (Å²) in [6.07, 6.45) is 0.184. The average Bonchev–Trinajstić information content (AvgIpc) is 2.45. The quantitative estimate of drug-likeness (QED) is 0.917. The first-order valence-electron chi connectivity index (χ1n) is 6.69. The van der Waals surface area contributed by atoms with Gasteiger partial charge in [-0.25, -0.2) is 0 Å². The third-order valence-electron chi connectivity index (χ3n) is 3.10. The lowest BCUT2D eigenvalue weighted by Gasteiger charge is -2.21. The van der Waals surface area contributed by atoms with Crippen molar-refractivity contribution < 1.29 is 14.7 Å². The van der Waals surface area contributed by atoms with E-state index >= 15 is 0 Å². The summed E-state index contributed by atoms with van der Waals surface area (Å²) in [5, 5.41) is 9.01. The fraction of sp³-hybridized carbons (Fsp3) is 0.176. The molecule has 0 saturated heterocycles. The Labute approximate surface area is 123 Å². The number of hydrogen-bond donors (Lipinski definition) is 1. The van der Waals surface area contributed by atoms with E-state index in [-0.39, 0.29) is 18.9 Å². The summed E-state index contributed by atoms with van der Waals surface area (Å²) in [7, 11) is 0. The number of hydrogen-bond acceptors (Lipinski definition) is 2. The molecular formula is C17H17NO3. The Balaban J connectivity index is 2.20. The van der Waals surface area contributed by atoms with Crippen LogP contribution in [-0.4, -0.2) is 23.5 Å². The summed E-state index contributed by atoms with van der Waals surface area (Å²) < 4.78 is 0. The summed E-state index contributed by atoms with van der Waals surface area (Å²) in [5.74, 6) is -1.26. The molecule has 0 aliphatic carbocycles. The van der Waals surface area contributed by atoms with Crippen molar-refractivity contribution in [1.82, 2.24) is 0 Å². The lowest BCUT2D eigenvalue weighted by Crippen LogP contribution is -2.36. The van der Waals surface area contributed by atoms with Crippen molar-refractivity contribution in [3.63, 3.8) is 0 Å². The highest BCUT2D eigenvalue weighted by atomic mass is 16.4. The van der Waals surface area contributed by atoms with Gasteiger partial charge in [-0.2, -0.15) is 0 Å². The van der Waals surface area contributed by atoms with Crippen LogP contribution in [0.15, 0.2) is 54.6 Å². The highest BCUT2D eigenvalue weighted by Crippen LogP contribution is 2.15. The predicted molar refractivity (Wildman–Crippen MR) is 81.3 cm³/mol. The zero-order valence-electron chi connectivity index (χ0n) is 11.8. The van der Waals surface area contributed by atoms with Gasteiger partial charge in [0.25, 0.3) is 0 Å². The summed E-state index contributed by atoms with van der Waals surface area (Å²) in [5.41, 5.74) is 2.55. The number of aryl methyl sites for hydroxylation is 1. The molecule has 1 N–H and O–H groups in total. The van der Waals surface area contributed by atoms with Gasteiger partial charge in [-0.1, -0.05) is 48.0 Å². The van der Waals surface area contributed by atoms with E-state index < -0.39 is 5.97 Å². The van der Waals surface area contributed by atoms with Gasteiger partial charge in [0, 0.05) is 5.69 Å². The van der Waals surface area contributed by atoms with Gasteiger partial charge in [0.1, 0.15) is 6.54 Å². The molecule has 4 heteroatoms. The monoisotopic (exact) mass is 283 g/mol. The largest absolute Gasteiger partial charge is 0.480 e. The lowest BCUT2D eigenvalue weighted by molar-refractivity contribution is -0.136. The van der Waals surface area contributed by atoms with E-state index in [0.717, 1.165) is 11.1 Å². The Morgan fingerprint density at radius 1 is 1.05 bits per heavy atom. The van der Waals surface area contributed by atoms with Crippen LogP contribution in [0.25, 0.3) is 0 Å². The maximum atomic E-state index is 12.4. The first-order chi connectivity index (χ1) is 10.1. The SMILES string of the molecule is Cc1cccc(CC(=O)N(CC(=O)O)c2ccccc2)c1. The van der Waals surface area contributed by atoms with Crippen molar-refractivity contribution in [3.8, 4) is 0 Å². The van der Waals surface area contributed by atoms with Crippen LogP contribution >= 0.6 is 0 Å². The second kappa shape index (κ2) is 6.70. The normalized spacial score (nSPS) is 10.1. The van der Waals surface area contributed by atoms with E-state index in [1.54, 1.807) is 24.3 Å². The van der Waals surface area contributed by atoms with Crippen LogP contribution < -0.4 is 4.90 Å². The van der Waals surface area contributed by atoms with E-state index in [1.807, 2.05) is 37.3 Å². The minimum absolute atomic E-state index is 0.184. The van der Waals surface area contributed by atoms with Gasteiger partial charge in [0.05, 0.1) is 6.42 Å². The van der Waals surface area contributed by atoms with Crippen LogP contribution in [0.1, 0.15) is 11.1 Å². The van der Waals surface area contributed by atoms with Gasteiger partial charge in [-0.05, 0) is 24.6 Å². The number of carbonyl (C=O) groups excluding carboxylic acids is 1. The van der Waals surface area contributed by atoms with Gasteiger partial charge < -0.3 is 10.0 Å². The van der Waals surface area contributed by atoms with Crippen LogP contribution in [0, 0.1) is 6.92 Å². The second-order valence-corrected chi connectivity index (χ2v) is 4.88. The predicted octanol–water partition coefficient (Wildman–Crippen LogP) is 2.66. The van der Waals surface area contributed by atoms with Crippen molar-refractivity contribution in [2.45, 2.75) is 13.3 Å². The summed E-state index contributed by atoms with van der Waals surface area (Å²) in [6.45, 7) is 1.62. The molecule has 0 atom stereocenters. The minimum atomic E-state index is -1.03. The zero-order chi connectivity index (χ0) is 15.2. The number of nitrogens with zero attached hydrogens (tertiary/aromatic N) is 1. The Morgan fingerprint density at radius 3 is 2.38 bits per heavy atom. The topological polar surface area (TPSA) is 57.6 Å². The zero-order valence-corrected chi connectivity index (χ0v) is 11.8. The summed E-state index contributed by atoms with van der Waals surface area (Å²) in [4.78, 5) is 24.7. The number of anilines is 1. The molecule has 108 valence electrons. The number of rotatable bonds is 5. The Kier molecular flexibility index (Phi) is 4.72. The van der Waals surface area contributed by atoms with Crippen LogP contribution in [0.4, 0.5) is 5.69 Å². The fourth-order valence-electron chi connectivity index (χ4n) is 2.16. The van der Waals surface area contributed by atoms with Crippen molar-refractivity contribution in [2.24, 2.45) is 0 Å². The van der Waals surface area contributed by atoms with E-state index in [0.29, 0.717) is 5.69 Å². The smallest absolute Gasteiger partial charge is 0.323 e. The third kappa shape index (κ3) is 4.18. The number of amides is 1. The van der Waals surface area contributed by atoms with Crippen LogP contribution in [0.5, 0.6) is 0 Å². The highest BCUT2D eigenvalue weighted by molar-refractivity contribution is 5.98. The first kappa shape index (κ1) is 14.8.